The van der Waals surface area contributed by atoms with Gasteiger partial charge in [-0.3, -0.25) is 9.59 Å². The number of carbonyl (C=O) groups excluding carboxylic acids is 2. The Balaban J connectivity index is 1.81. The van der Waals surface area contributed by atoms with E-state index in [-0.39, 0.29) is 11.8 Å². The second kappa shape index (κ2) is 7.59. The molecule has 2 aliphatic rings. The van der Waals surface area contributed by atoms with Gasteiger partial charge in [-0.25, -0.2) is 4.90 Å². The van der Waals surface area contributed by atoms with Crippen LogP contribution >= 0.6 is 23.2 Å². The van der Waals surface area contributed by atoms with E-state index in [1.54, 1.807) is 18.2 Å². The lowest BCUT2D eigenvalue weighted by atomic mass is 10.0. The lowest BCUT2D eigenvalue weighted by Gasteiger charge is -2.34. The van der Waals surface area contributed by atoms with Gasteiger partial charge in [0, 0.05) is 36.2 Å². The topological polar surface area (TPSA) is 43.9 Å². The van der Waals surface area contributed by atoms with Crippen molar-refractivity contribution in [3.63, 3.8) is 0 Å². The molecule has 0 bridgehead atoms. The molecule has 144 valence electrons. The van der Waals surface area contributed by atoms with Crippen LogP contribution in [0.15, 0.2) is 54.2 Å². The number of likely N-dealkylation sites (N-methyl/N-ethyl adjacent to an activating group) is 1. The molecule has 28 heavy (non-hydrogen) atoms. The lowest BCUT2D eigenvalue weighted by molar-refractivity contribution is -0.120. The summed E-state index contributed by atoms with van der Waals surface area (Å²) in [6, 6.07) is 14.1. The number of rotatable bonds is 3. The van der Waals surface area contributed by atoms with E-state index in [0.29, 0.717) is 40.1 Å². The number of imide groups is 1. The fourth-order valence-electron chi connectivity index (χ4n) is 3.61. The zero-order valence-corrected chi connectivity index (χ0v) is 16.9. The van der Waals surface area contributed by atoms with E-state index in [0.717, 1.165) is 18.7 Å². The van der Waals surface area contributed by atoms with Crippen LogP contribution in [-0.4, -0.2) is 54.8 Å². The van der Waals surface area contributed by atoms with E-state index in [9.17, 15) is 9.59 Å². The summed E-state index contributed by atoms with van der Waals surface area (Å²) in [6.07, 6.45) is 0. The number of halogens is 2. The molecule has 0 N–H and O–H groups in total. The number of anilines is 1. The van der Waals surface area contributed by atoms with Gasteiger partial charge in [-0.15, -0.1) is 0 Å². The van der Waals surface area contributed by atoms with Crippen LogP contribution in [0.1, 0.15) is 5.56 Å². The van der Waals surface area contributed by atoms with Crippen molar-refractivity contribution in [2.24, 2.45) is 0 Å². The maximum absolute atomic E-state index is 13.4. The Morgan fingerprint density at radius 2 is 1.43 bits per heavy atom. The van der Waals surface area contributed by atoms with Gasteiger partial charge >= 0.3 is 0 Å². The predicted molar refractivity (Wildman–Crippen MR) is 111 cm³/mol. The molecule has 0 spiro atoms. The maximum atomic E-state index is 13.4. The lowest BCUT2D eigenvalue weighted by Crippen LogP contribution is -2.46. The number of hydrogen-bond donors (Lipinski definition) is 0. The van der Waals surface area contributed by atoms with E-state index < -0.39 is 0 Å². The Hall–Kier alpha value is -2.34. The van der Waals surface area contributed by atoms with E-state index in [4.69, 9.17) is 23.2 Å². The summed E-state index contributed by atoms with van der Waals surface area (Å²) in [5, 5.41) is 0.745. The summed E-state index contributed by atoms with van der Waals surface area (Å²) >= 11 is 12.2. The molecule has 0 aromatic heterocycles. The van der Waals surface area contributed by atoms with Crippen molar-refractivity contribution in [3.05, 3.63) is 69.8 Å². The summed E-state index contributed by atoms with van der Waals surface area (Å²) in [7, 11) is 2.05. The molecule has 0 saturated carbocycles. The van der Waals surface area contributed by atoms with Crippen molar-refractivity contribution >= 4 is 46.3 Å². The average molecular weight is 416 g/mol. The van der Waals surface area contributed by atoms with Crippen molar-refractivity contribution in [2.45, 2.75) is 0 Å². The van der Waals surface area contributed by atoms with Crippen LogP contribution in [0.5, 0.6) is 0 Å². The fraction of sp³-hybridized carbons (Fsp3) is 0.238. The molecule has 5 nitrogen and oxygen atoms in total. The Bertz CT molecular complexity index is 947. The van der Waals surface area contributed by atoms with Gasteiger partial charge < -0.3 is 9.80 Å². The van der Waals surface area contributed by atoms with Crippen molar-refractivity contribution in [1.29, 1.82) is 0 Å². The third kappa shape index (κ3) is 3.41. The fourth-order valence-corrected chi connectivity index (χ4v) is 4.12. The molecule has 7 heteroatoms. The largest absolute Gasteiger partial charge is 0.364 e. The second-order valence-corrected chi connectivity index (χ2v) is 7.83. The highest BCUT2D eigenvalue weighted by atomic mass is 35.5. The first kappa shape index (κ1) is 19.0. The molecule has 2 aromatic rings. The monoisotopic (exact) mass is 415 g/mol. The summed E-state index contributed by atoms with van der Waals surface area (Å²) in [4.78, 5) is 32.2. The van der Waals surface area contributed by atoms with Crippen LogP contribution < -0.4 is 4.90 Å². The zero-order chi connectivity index (χ0) is 19.8. The third-order valence-corrected chi connectivity index (χ3v) is 5.48. The zero-order valence-electron chi connectivity index (χ0n) is 15.4. The molecule has 1 fully saturated rings. The third-order valence-electron chi connectivity index (χ3n) is 5.05. The van der Waals surface area contributed by atoms with E-state index in [2.05, 4.69) is 4.90 Å². The Morgan fingerprint density at radius 1 is 0.821 bits per heavy atom. The minimum Gasteiger partial charge on any atom is -0.364 e. The van der Waals surface area contributed by atoms with Gasteiger partial charge in [0.05, 0.1) is 11.3 Å². The Labute approximate surface area is 173 Å². The molecule has 2 heterocycles. The first-order valence-electron chi connectivity index (χ1n) is 9.04. The summed E-state index contributed by atoms with van der Waals surface area (Å²) in [5.41, 5.74) is 1.97. The standard InChI is InChI=1S/C21H19Cl2N3O2/c1-24-7-9-25(10-8-24)19-18(14-5-3-2-4-6-14)20(27)26(21(19)28)17-12-15(22)11-16(23)13-17/h2-6,11-13H,7-10H2,1H3. The van der Waals surface area contributed by atoms with Crippen molar-refractivity contribution in [3.8, 4) is 0 Å². The molecule has 0 radical (unpaired) electrons. The molecule has 0 aliphatic carbocycles. The van der Waals surface area contributed by atoms with Crippen molar-refractivity contribution in [2.75, 3.05) is 38.1 Å². The SMILES string of the molecule is CN1CCN(C2=C(c3ccccc3)C(=O)N(c3cc(Cl)cc(Cl)c3)C2=O)CC1. The van der Waals surface area contributed by atoms with Crippen LogP contribution in [-0.2, 0) is 9.59 Å². The van der Waals surface area contributed by atoms with Gasteiger partial charge in [0.2, 0.25) is 0 Å². The molecule has 2 aliphatic heterocycles. The molecule has 4 rings (SSSR count). The summed E-state index contributed by atoms with van der Waals surface area (Å²) in [6.45, 7) is 3.03. The second-order valence-electron chi connectivity index (χ2n) is 6.95. The number of amides is 2. The van der Waals surface area contributed by atoms with Crippen LogP contribution in [0.2, 0.25) is 10.0 Å². The van der Waals surface area contributed by atoms with Gasteiger partial charge in [-0.2, -0.15) is 0 Å². The molecular weight excluding hydrogens is 397 g/mol. The van der Waals surface area contributed by atoms with Gasteiger partial charge in [0.1, 0.15) is 5.70 Å². The molecule has 2 amide bonds. The van der Waals surface area contributed by atoms with Crippen LogP contribution in [0, 0.1) is 0 Å². The number of carbonyl (C=O) groups is 2. The molecule has 0 atom stereocenters. The van der Waals surface area contributed by atoms with Gasteiger partial charge in [-0.1, -0.05) is 53.5 Å². The summed E-state index contributed by atoms with van der Waals surface area (Å²) < 4.78 is 0. The van der Waals surface area contributed by atoms with Crippen LogP contribution in [0.4, 0.5) is 5.69 Å². The van der Waals surface area contributed by atoms with Gasteiger partial charge in [0.25, 0.3) is 11.8 Å². The van der Waals surface area contributed by atoms with E-state index in [1.165, 1.54) is 4.90 Å². The Kier molecular flexibility index (Phi) is 5.15. The van der Waals surface area contributed by atoms with Crippen molar-refractivity contribution < 1.29 is 9.59 Å². The highest BCUT2D eigenvalue weighted by molar-refractivity contribution is 6.46. The molecular formula is C21H19Cl2N3O2. The van der Waals surface area contributed by atoms with E-state index in [1.807, 2.05) is 42.3 Å². The van der Waals surface area contributed by atoms with Crippen LogP contribution in [0.25, 0.3) is 5.57 Å². The van der Waals surface area contributed by atoms with Crippen LogP contribution in [0.3, 0.4) is 0 Å². The molecule has 2 aromatic carbocycles. The quantitative estimate of drug-likeness (QED) is 0.719. The first-order valence-corrected chi connectivity index (χ1v) is 9.79. The summed E-state index contributed by atoms with van der Waals surface area (Å²) in [5.74, 6) is -0.699. The minimum atomic E-state index is -0.358. The maximum Gasteiger partial charge on any atom is 0.282 e. The van der Waals surface area contributed by atoms with Gasteiger partial charge in [-0.05, 0) is 30.8 Å². The highest BCUT2D eigenvalue weighted by Gasteiger charge is 2.43. The number of benzene rings is 2. The van der Waals surface area contributed by atoms with Crippen molar-refractivity contribution in [1.82, 2.24) is 9.80 Å². The molecule has 1 saturated heterocycles. The number of piperazine rings is 1. The molecule has 0 unspecified atom stereocenters. The smallest absolute Gasteiger partial charge is 0.282 e. The number of nitrogens with zero attached hydrogens (tertiary/aromatic N) is 3. The normalized spacial score (nSPS) is 18.4. The van der Waals surface area contributed by atoms with E-state index >= 15 is 0 Å². The minimum absolute atomic E-state index is 0.341. The predicted octanol–water partition coefficient (Wildman–Crippen LogP) is 3.53. The average Bonchev–Trinajstić information content (AvgIpc) is 2.93. The first-order chi connectivity index (χ1) is 13.5. The Morgan fingerprint density at radius 3 is 2.04 bits per heavy atom. The van der Waals surface area contributed by atoms with Gasteiger partial charge in [0.15, 0.2) is 0 Å². The highest BCUT2D eigenvalue weighted by Crippen LogP contribution is 2.36. The number of hydrogen-bond acceptors (Lipinski definition) is 4.